The molecule has 8 heteroatoms. The van der Waals surface area contributed by atoms with E-state index < -0.39 is 16.0 Å². The minimum atomic E-state index is -3.77. The number of nitrogens with one attached hydrogen (secondary N) is 1. The number of furan rings is 1. The van der Waals surface area contributed by atoms with E-state index in [4.69, 9.17) is 9.52 Å². The molecule has 2 N–H and O–H groups in total. The third-order valence-corrected chi connectivity index (χ3v) is 5.29. The summed E-state index contributed by atoms with van der Waals surface area (Å²) in [6.45, 7) is 3.65. The van der Waals surface area contributed by atoms with Crippen LogP contribution in [0.4, 0.5) is 0 Å². The van der Waals surface area contributed by atoms with Crippen LogP contribution in [0.5, 0.6) is 0 Å². The summed E-state index contributed by atoms with van der Waals surface area (Å²) in [6, 6.07) is 1.65. The summed E-state index contributed by atoms with van der Waals surface area (Å²) in [4.78, 5) is 12.8. The largest absolute Gasteiger partial charge is 0.475 e. The Morgan fingerprint density at radius 2 is 2.19 bits per heavy atom. The summed E-state index contributed by atoms with van der Waals surface area (Å²) in [5, 5.41) is 8.83. The third kappa shape index (κ3) is 3.63. The van der Waals surface area contributed by atoms with Crippen molar-refractivity contribution in [3.05, 3.63) is 17.6 Å². The highest BCUT2D eigenvalue weighted by Crippen LogP contribution is 2.27. The van der Waals surface area contributed by atoms with Gasteiger partial charge in [-0.2, -0.15) is 0 Å². The molecule has 118 valence electrons. The average molecular weight is 316 g/mol. The molecule has 0 bridgehead atoms. The van der Waals surface area contributed by atoms with E-state index in [2.05, 4.69) is 9.62 Å². The van der Waals surface area contributed by atoms with Gasteiger partial charge in [0.25, 0.3) is 0 Å². The number of nitrogens with zero attached hydrogens (tertiary/aromatic N) is 1. The second kappa shape index (κ2) is 5.78. The van der Waals surface area contributed by atoms with Gasteiger partial charge in [-0.25, -0.2) is 17.9 Å². The maximum absolute atomic E-state index is 12.2. The zero-order chi connectivity index (χ0) is 15.8. The Hall–Kier alpha value is -1.38. The monoisotopic (exact) mass is 316 g/mol. The molecule has 1 heterocycles. The molecular weight excluding hydrogens is 296 g/mol. The van der Waals surface area contributed by atoms with Crippen molar-refractivity contribution < 1.29 is 22.7 Å². The average Bonchev–Trinajstić information content (AvgIpc) is 3.17. The molecular formula is C13H20N2O5S. The van der Waals surface area contributed by atoms with Crippen molar-refractivity contribution >= 4 is 16.0 Å². The SMILES string of the molecule is Cc1oc(C(=O)O)cc1S(=O)(=O)NCC(C)N(C)C1CC1. The predicted molar refractivity (Wildman–Crippen MR) is 75.8 cm³/mol. The van der Waals surface area contributed by atoms with E-state index in [-0.39, 0.29) is 29.0 Å². The number of rotatable bonds is 7. The highest BCUT2D eigenvalue weighted by Gasteiger charge is 2.30. The van der Waals surface area contributed by atoms with Crippen LogP contribution in [0.25, 0.3) is 0 Å². The van der Waals surface area contributed by atoms with E-state index in [1.54, 1.807) is 0 Å². The normalized spacial score (nSPS) is 17.1. The Balaban J connectivity index is 2.05. The zero-order valence-electron chi connectivity index (χ0n) is 12.3. The Morgan fingerprint density at radius 3 is 2.67 bits per heavy atom. The Kier molecular flexibility index (Phi) is 4.40. The molecule has 1 aromatic heterocycles. The minimum Gasteiger partial charge on any atom is -0.475 e. The van der Waals surface area contributed by atoms with Crippen molar-refractivity contribution in [1.82, 2.24) is 9.62 Å². The lowest BCUT2D eigenvalue weighted by molar-refractivity contribution is 0.0661. The molecule has 0 radical (unpaired) electrons. The van der Waals surface area contributed by atoms with Gasteiger partial charge in [0.05, 0.1) is 0 Å². The van der Waals surface area contributed by atoms with Crippen molar-refractivity contribution in [3.8, 4) is 0 Å². The molecule has 1 fully saturated rings. The standard InChI is InChI=1S/C13H20N2O5S/c1-8(15(3)10-4-5-10)7-14-21(18,19)12-6-11(13(16)17)20-9(12)2/h6,8,10,14H,4-5,7H2,1-3H3,(H,16,17). The first-order valence-electron chi connectivity index (χ1n) is 6.77. The third-order valence-electron chi connectivity index (χ3n) is 3.76. The summed E-state index contributed by atoms with van der Waals surface area (Å²) < 4.78 is 31.9. The lowest BCUT2D eigenvalue weighted by Gasteiger charge is -2.24. The van der Waals surface area contributed by atoms with Crippen LogP contribution in [0.1, 0.15) is 36.1 Å². The van der Waals surface area contributed by atoms with E-state index >= 15 is 0 Å². The number of likely N-dealkylation sites (N-methyl/N-ethyl adjacent to an activating group) is 1. The van der Waals surface area contributed by atoms with Crippen LogP contribution in [0, 0.1) is 6.92 Å². The highest BCUT2D eigenvalue weighted by molar-refractivity contribution is 7.89. The van der Waals surface area contributed by atoms with E-state index in [9.17, 15) is 13.2 Å². The molecule has 1 aromatic rings. The van der Waals surface area contributed by atoms with Gasteiger partial charge in [0, 0.05) is 24.7 Å². The van der Waals surface area contributed by atoms with Crippen LogP contribution >= 0.6 is 0 Å². The van der Waals surface area contributed by atoms with Crippen LogP contribution in [-0.2, 0) is 10.0 Å². The molecule has 1 saturated carbocycles. The maximum atomic E-state index is 12.2. The molecule has 21 heavy (non-hydrogen) atoms. The molecule has 1 aliphatic carbocycles. The zero-order valence-corrected chi connectivity index (χ0v) is 13.1. The molecule has 2 rings (SSSR count). The van der Waals surface area contributed by atoms with Crippen molar-refractivity contribution in [2.75, 3.05) is 13.6 Å². The molecule has 0 amide bonds. The summed E-state index contributed by atoms with van der Waals surface area (Å²) >= 11 is 0. The fourth-order valence-corrected chi connectivity index (χ4v) is 3.43. The van der Waals surface area contributed by atoms with Gasteiger partial charge in [0.1, 0.15) is 10.7 Å². The second-order valence-corrected chi connectivity index (χ2v) is 7.17. The van der Waals surface area contributed by atoms with Gasteiger partial charge >= 0.3 is 5.97 Å². The number of carboxylic acid groups (broad SMARTS) is 1. The summed E-state index contributed by atoms with van der Waals surface area (Å²) in [5.41, 5.74) is 0. The van der Waals surface area contributed by atoms with Gasteiger partial charge in [-0.1, -0.05) is 0 Å². The number of aryl methyl sites for hydroxylation is 1. The Morgan fingerprint density at radius 1 is 1.57 bits per heavy atom. The number of hydrogen-bond acceptors (Lipinski definition) is 5. The van der Waals surface area contributed by atoms with Crippen molar-refractivity contribution in [2.45, 2.75) is 43.7 Å². The highest BCUT2D eigenvalue weighted by atomic mass is 32.2. The first kappa shape index (κ1) is 16.0. The van der Waals surface area contributed by atoms with Crippen LogP contribution in [0.15, 0.2) is 15.4 Å². The van der Waals surface area contributed by atoms with Gasteiger partial charge in [0.2, 0.25) is 15.8 Å². The Bertz CT molecular complexity index is 633. The second-order valence-electron chi connectivity index (χ2n) is 5.43. The predicted octanol–water partition coefficient (Wildman–Crippen LogP) is 1.05. The van der Waals surface area contributed by atoms with Crippen LogP contribution in [-0.4, -0.2) is 50.1 Å². The lowest BCUT2D eigenvalue weighted by atomic mass is 10.3. The van der Waals surface area contributed by atoms with Crippen LogP contribution in [0.2, 0.25) is 0 Å². The first-order valence-corrected chi connectivity index (χ1v) is 8.26. The van der Waals surface area contributed by atoms with Crippen LogP contribution < -0.4 is 4.72 Å². The fourth-order valence-electron chi connectivity index (χ4n) is 2.13. The van der Waals surface area contributed by atoms with Gasteiger partial charge < -0.3 is 9.52 Å². The fraction of sp³-hybridized carbons (Fsp3) is 0.615. The number of carbonyl (C=O) groups is 1. The summed E-state index contributed by atoms with van der Waals surface area (Å²) in [7, 11) is -1.80. The first-order chi connectivity index (χ1) is 9.72. The molecule has 7 nitrogen and oxygen atoms in total. The van der Waals surface area contributed by atoms with Gasteiger partial charge in [-0.15, -0.1) is 0 Å². The topological polar surface area (TPSA) is 99.8 Å². The minimum absolute atomic E-state index is 0.0680. The number of aromatic carboxylic acids is 1. The van der Waals surface area contributed by atoms with E-state index in [1.807, 2.05) is 14.0 Å². The smallest absolute Gasteiger partial charge is 0.371 e. The van der Waals surface area contributed by atoms with Crippen LogP contribution in [0.3, 0.4) is 0 Å². The summed E-state index contributed by atoms with van der Waals surface area (Å²) in [6.07, 6.45) is 2.30. The van der Waals surface area contributed by atoms with E-state index in [0.717, 1.165) is 18.9 Å². The van der Waals surface area contributed by atoms with E-state index in [0.29, 0.717) is 6.04 Å². The Labute approximate surface area is 124 Å². The number of sulfonamides is 1. The van der Waals surface area contributed by atoms with Gasteiger partial charge in [-0.05, 0) is 33.7 Å². The van der Waals surface area contributed by atoms with Gasteiger partial charge in [0.15, 0.2) is 0 Å². The quantitative estimate of drug-likeness (QED) is 0.780. The van der Waals surface area contributed by atoms with Gasteiger partial charge in [-0.3, -0.25) is 4.90 Å². The molecule has 1 atom stereocenters. The molecule has 0 spiro atoms. The number of carboxylic acids is 1. The lowest BCUT2D eigenvalue weighted by Crippen LogP contribution is -2.41. The molecule has 1 unspecified atom stereocenters. The maximum Gasteiger partial charge on any atom is 0.371 e. The van der Waals surface area contributed by atoms with Crippen molar-refractivity contribution in [2.24, 2.45) is 0 Å². The molecule has 1 aliphatic rings. The molecule has 0 aliphatic heterocycles. The van der Waals surface area contributed by atoms with Crippen molar-refractivity contribution in [1.29, 1.82) is 0 Å². The van der Waals surface area contributed by atoms with Crippen molar-refractivity contribution in [3.63, 3.8) is 0 Å². The molecule has 0 aromatic carbocycles. The molecule has 0 saturated heterocycles. The van der Waals surface area contributed by atoms with E-state index in [1.165, 1.54) is 6.92 Å². The summed E-state index contributed by atoms with van der Waals surface area (Å²) in [5.74, 6) is -1.60. The number of hydrogen-bond donors (Lipinski definition) is 2.